The summed E-state index contributed by atoms with van der Waals surface area (Å²) < 4.78 is 34.3. The Kier molecular flexibility index (Phi) is 69.7. The number of unbranched alkanes of at least 4 members (excludes halogenated alkanes) is 19. The van der Waals surface area contributed by atoms with Gasteiger partial charge in [0, 0.05) is 12.8 Å². The monoisotopic (exact) mass is 1340 g/mol. The first-order valence-electron chi connectivity index (χ1n) is 37.8. The molecule has 540 valence electrons. The number of hydrogen-bond acceptors (Lipinski definition) is 8. The van der Waals surface area contributed by atoms with Crippen molar-refractivity contribution in [2.75, 3.05) is 47.5 Å². The summed E-state index contributed by atoms with van der Waals surface area (Å²) >= 11 is 0. The van der Waals surface area contributed by atoms with Gasteiger partial charge in [0.05, 0.1) is 27.7 Å². The first kappa shape index (κ1) is 90.6. The maximum Gasteiger partial charge on any atom is 0.306 e. The molecule has 2 atom stereocenters. The topological polar surface area (TPSA) is 111 Å². The second-order valence-corrected chi connectivity index (χ2v) is 27.0. The summed E-state index contributed by atoms with van der Waals surface area (Å²) in [5, 5.41) is 0. The van der Waals surface area contributed by atoms with Crippen LogP contribution in [0.3, 0.4) is 0 Å². The van der Waals surface area contributed by atoms with Crippen molar-refractivity contribution in [3.05, 3.63) is 207 Å². The fraction of sp³-hybridized carbons (Fsp3) is 0.581. The molecule has 0 N–H and O–H groups in total. The summed E-state index contributed by atoms with van der Waals surface area (Å²) in [7, 11) is 1.13. The molecule has 0 fully saturated rings. The summed E-state index contributed by atoms with van der Waals surface area (Å²) in [6.07, 6.45) is 116. The molecule has 0 aliphatic rings. The standard InChI is InChI=1S/C86H138NO8P/c1-6-8-10-12-14-16-18-20-22-24-26-28-30-32-34-36-38-40-41-42-43-44-45-47-48-50-52-54-56-58-60-62-64-66-68-70-72-74-76-78-85(88)92-82-84(83-94-96(90,91)93-81-80-87(3,4)5)95-86(89)79-77-75-73-71-69-67-65-63-61-59-57-55-53-51-49-46-39-37-35-33-31-29-27-25-23-21-19-17-15-13-11-9-7-2/h8-11,14-17,20-23,26-29,32-35,38-40,42-43,45-47,51,53,57,59,63,65,84H,6-7,12-13,18-19,24-25,30-31,36-37,41,44,48-50,52,54-56,58,60-62,64,66-83H2,1-5H3/b10-8-,11-9-,16-14-,17-15-,22-20-,23-21-,28-26-,29-27-,34-32-,35-33-,40-38-,43-42-,46-39-,47-45-,53-51-,59-57-,65-63-. The molecule has 9 nitrogen and oxygen atoms in total. The van der Waals surface area contributed by atoms with Gasteiger partial charge in [-0.05, 0) is 148 Å². The molecule has 2 unspecified atom stereocenters. The Hall–Kier alpha value is -5.41. The van der Waals surface area contributed by atoms with Crippen LogP contribution in [0.1, 0.15) is 271 Å². The van der Waals surface area contributed by atoms with E-state index >= 15 is 0 Å². The SMILES string of the molecule is CC/C=C\C/C=C\C/C=C\C/C=C\C/C=C\C/C=C\C/C=C\C/C=C\C/C=C\CCCCCCCC(=O)OC(COC(=O)CCCCCCCCCCCCCCCC/C=C\C/C=C\C/C=C\C/C=C\C/C=C\C/C=C\C/C=C\C/C=C\CC)COP(=O)([O-])OCC[N+](C)(C)C. The number of carbonyl (C=O) groups is 2. The maximum atomic E-state index is 12.9. The van der Waals surface area contributed by atoms with Crippen LogP contribution in [-0.2, 0) is 32.7 Å². The van der Waals surface area contributed by atoms with Gasteiger partial charge in [0.1, 0.15) is 19.8 Å². The third-order valence-corrected chi connectivity index (χ3v) is 16.3. The number of likely N-dealkylation sites (N-methyl/N-ethyl adjacent to an activating group) is 1. The van der Waals surface area contributed by atoms with Crippen LogP contribution in [0.2, 0.25) is 0 Å². The molecule has 10 heteroatoms. The van der Waals surface area contributed by atoms with Gasteiger partial charge in [-0.25, -0.2) is 0 Å². The molecule has 0 aliphatic carbocycles. The Labute approximate surface area is 589 Å². The van der Waals surface area contributed by atoms with Gasteiger partial charge in [0.15, 0.2) is 6.10 Å². The van der Waals surface area contributed by atoms with Crippen molar-refractivity contribution in [1.82, 2.24) is 0 Å². The lowest BCUT2D eigenvalue weighted by atomic mass is 10.0. The van der Waals surface area contributed by atoms with Gasteiger partial charge in [-0.2, -0.15) is 0 Å². The third kappa shape index (κ3) is 77.6. The number of nitrogens with zero attached hydrogens (tertiary/aromatic N) is 1. The highest BCUT2D eigenvalue weighted by atomic mass is 31.2. The molecule has 0 spiro atoms. The summed E-state index contributed by atoms with van der Waals surface area (Å²) in [5.41, 5.74) is 0. The lowest BCUT2D eigenvalue weighted by molar-refractivity contribution is -0.870. The smallest absolute Gasteiger partial charge is 0.306 e. The van der Waals surface area contributed by atoms with Crippen LogP contribution < -0.4 is 4.89 Å². The van der Waals surface area contributed by atoms with Crippen molar-refractivity contribution in [2.45, 2.75) is 277 Å². The summed E-state index contributed by atoms with van der Waals surface area (Å²) in [4.78, 5) is 38.1. The molecule has 0 aliphatic heterocycles. The zero-order chi connectivity index (χ0) is 69.7. The van der Waals surface area contributed by atoms with Crippen molar-refractivity contribution in [3.8, 4) is 0 Å². The Balaban J connectivity index is 4.12. The number of allylic oxidation sites excluding steroid dienone is 34. The number of ether oxygens (including phenoxy) is 2. The summed E-state index contributed by atoms with van der Waals surface area (Å²) in [6, 6.07) is 0. The molecule has 0 aromatic carbocycles. The van der Waals surface area contributed by atoms with E-state index in [0.717, 1.165) is 167 Å². The Morgan fingerprint density at radius 1 is 0.323 bits per heavy atom. The average molecular weight is 1350 g/mol. The number of phosphoric ester groups is 1. The number of hydrogen-bond donors (Lipinski definition) is 0. The van der Waals surface area contributed by atoms with E-state index in [4.69, 9.17) is 18.5 Å². The molecule has 0 amide bonds. The highest BCUT2D eigenvalue weighted by Crippen LogP contribution is 2.38. The van der Waals surface area contributed by atoms with Crippen LogP contribution in [0.25, 0.3) is 0 Å². The van der Waals surface area contributed by atoms with Crippen LogP contribution in [0.4, 0.5) is 0 Å². The Morgan fingerprint density at radius 2 is 0.562 bits per heavy atom. The van der Waals surface area contributed by atoms with Gasteiger partial charge in [-0.1, -0.05) is 317 Å². The molecule has 0 bridgehead atoms. The molecule has 0 saturated carbocycles. The number of esters is 2. The summed E-state index contributed by atoms with van der Waals surface area (Å²) in [5.74, 6) is -0.867. The minimum Gasteiger partial charge on any atom is -0.756 e. The van der Waals surface area contributed by atoms with Crippen LogP contribution in [0.15, 0.2) is 207 Å². The van der Waals surface area contributed by atoms with E-state index < -0.39 is 32.5 Å². The fourth-order valence-corrected chi connectivity index (χ4v) is 10.3. The molecule has 0 aromatic rings. The van der Waals surface area contributed by atoms with Crippen molar-refractivity contribution < 1.29 is 42.1 Å². The molecule has 96 heavy (non-hydrogen) atoms. The zero-order valence-corrected chi connectivity index (χ0v) is 62.4. The summed E-state index contributed by atoms with van der Waals surface area (Å²) in [6.45, 7) is 3.97. The van der Waals surface area contributed by atoms with E-state index in [1.54, 1.807) is 0 Å². The van der Waals surface area contributed by atoms with E-state index in [9.17, 15) is 19.0 Å². The van der Waals surface area contributed by atoms with Gasteiger partial charge in [-0.3, -0.25) is 14.2 Å². The van der Waals surface area contributed by atoms with E-state index in [1.165, 1.54) is 70.6 Å². The van der Waals surface area contributed by atoms with E-state index in [0.29, 0.717) is 17.4 Å². The molecule has 0 heterocycles. The Bertz CT molecular complexity index is 2380. The van der Waals surface area contributed by atoms with Gasteiger partial charge in [0.25, 0.3) is 7.82 Å². The largest absolute Gasteiger partial charge is 0.756 e. The van der Waals surface area contributed by atoms with Crippen molar-refractivity contribution in [2.24, 2.45) is 0 Å². The molecule has 0 saturated heterocycles. The quantitative estimate of drug-likeness (QED) is 0.0195. The first-order chi connectivity index (χ1) is 47.0. The predicted molar refractivity (Wildman–Crippen MR) is 415 cm³/mol. The molecule has 0 aromatic heterocycles. The van der Waals surface area contributed by atoms with E-state index in [2.05, 4.69) is 220 Å². The second kappa shape index (κ2) is 73.8. The minimum absolute atomic E-state index is 0.0453. The maximum absolute atomic E-state index is 12.9. The van der Waals surface area contributed by atoms with Crippen LogP contribution in [0, 0.1) is 0 Å². The molecule has 0 rings (SSSR count). The predicted octanol–water partition coefficient (Wildman–Crippen LogP) is 24.7. The van der Waals surface area contributed by atoms with Crippen LogP contribution in [-0.4, -0.2) is 70.0 Å². The van der Waals surface area contributed by atoms with Gasteiger partial charge < -0.3 is 27.9 Å². The van der Waals surface area contributed by atoms with Crippen LogP contribution >= 0.6 is 7.82 Å². The number of carbonyl (C=O) groups excluding carboxylic acids is 2. The third-order valence-electron chi connectivity index (χ3n) is 15.3. The van der Waals surface area contributed by atoms with E-state index in [1.807, 2.05) is 21.1 Å². The minimum atomic E-state index is -4.67. The van der Waals surface area contributed by atoms with Crippen molar-refractivity contribution in [1.29, 1.82) is 0 Å². The zero-order valence-electron chi connectivity index (χ0n) is 61.5. The number of rotatable bonds is 67. The Morgan fingerprint density at radius 3 is 0.833 bits per heavy atom. The highest BCUT2D eigenvalue weighted by Gasteiger charge is 2.22. The number of phosphoric acid groups is 1. The second-order valence-electron chi connectivity index (χ2n) is 25.5. The fourth-order valence-electron chi connectivity index (χ4n) is 9.61. The van der Waals surface area contributed by atoms with Gasteiger partial charge >= 0.3 is 11.9 Å². The number of quaternary nitrogens is 1. The van der Waals surface area contributed by atoms with Gasteiger partial charge in [-0.15, -0.1) is 0 Å². The average Bonchev–Trinajstić information content (AvgIpc) is 1.48. The van der Waals surface area contributed by atoms with Crippen molar-refractivity contribution in [3.63, 3.8) is 0 Å². The first-order valence-corrected chi connectivity index (χ1v) is 39.3. The van der Waals surface area contributed by atoms with Crippen LogP contribution in [0.5, 0.6) is 0 Å². The lowest BCUT2D eigenvalue weighted by Gasteiger charge is -2.28. The molecule has 0 radical (unpaired) electrons. The van der Waals surface area contributed by atoms with E-state index in [-0.39, 0.29) is 26.1 Å². The normalized spacial score (nSPS) is 14.3. The highest BCUT2D eigenvalue weighted by molar-refractivity contribution is 7.45. The lowest BCUT2D eigenvalue weighted by Crippen LogP contribution is -2.37. The molecular formula is C86H138NO8P. The van der Waals surface area contributed by atoms with Gasteiger partial charge in [0.2, 0.25) is 0 Å². The molecular weight excluding hydrogens is 1210 g/mol. The van der Waals surface area contributed by atoms with Crippen molar-refractivity contribution >= 4 is 19.8 Å².